The van der Waals surface area contributed by atoms with Gasteiger partial charge in [0.25, 0.3) is 5.91 Å². The van der Waals surface area contributed by atoms with Gasteiger partial charge in [-0.15, -0.1) is 0 Å². The van der Waals surface area contributed by atoms with Crippen molar-refractivity contribution in [3.05, 3.63) is 74.4 Å². The third-order valence-corrected chi connectivity index (χ3v) is 4.97. The van der Waals surface area contributed by atoms with Gasteiger partial charge in [0.05, 0.1) is 16.3 Å². The second kappa shape index (κ2) is 8.96. The van der Waals surface area contributed by atoms with Crippen LogP contribution in [0, 0.1) is 0 Å². The number of carboxylic acids is 1. The molecule has 0 atom stereocenters. The first-order chi connectivity index (χ1) is 13.7. The topological polar surface area (TPSA) is 91.6 Å². The van der Waals surface area contributed by atoms with Gasteiger partial charge in [-0.25, -0.2) is 4.79 Å². The van der Waals surface area contributed by atoms with Gasteiger partial charge in [0.1, 0.15) is 5.76 Å². The highest BCUT2D eigenvalue weighted by atomic mass is 79.9. The molecule has 1 aromatic heterocycles. The highest BCUT2D eigenvalue weighted by Gasteiger charge is 2.17. The van der Waals surface area contributed by atoms with Crippen LogP contribution < -0.4 is 10.6 Å². The van der Waals surface area contributed by atoms with Crippen molar-refractivity contribution < 1.29 is 19.1 Å². The number of carboxylic acid groups (broad SMARTS) is 1. The van der Waals surface area contributed by atoms with Crippen LogP contribution in [0.2, 0.25) is 10.0 Å². The molecule has 29 heavy (non-hydrogen) atoms. The number of halogens is 3. The molecule has 0 bridgehead atoms. The lowest BCUT2D eigenvalue weighted by molar-refractivity contribution is 0.0697. The Morgan fingerprint density at radius 1 is 1.07 bits per heavy atom. The van der Waals surface area contributed by atoms with Gasteiger partial charge in [-0.2, -0.15) is 0 Å². The number of anilines is 1. The summed E-state index contributed by atoms with van der Waals surface area (Å²) in [6.45, 7) is 0. The number of carbonyl (C=O) groups excluding carboxylic acids is 1. The summed E-state index contributed by atoms with van der Waals surface area (Å²) < 4.78 is 6.15. The Morgan fingerprint density at radius 2 is 1.83 bits per heavy atom. The molecule has 0 spiro atoms. The maximum atomic E-state index is 12.4. The van der Waals surface area contributed by atoms with Crippen molar-refractivity contribution in [3.63, 3.8) is 0 Å². The average molecular weight is 514 g/mol. The molecule has 0 radical (unpaired) electrons. The minimum absolute atomic E-state index is 0.00513. The third kappa shape index (κ3) is 5.16. The van der Waals surface area contributed by atoms with E-state index in [1.165, 1.54) is 18.2 Å². The number of rotatable bonds is 4. The van der Waals surface area contributed by atoms with Crippen LogP contribution in [0.4, 0.5) is 5.69 Å². The Kier molecular flexibility index (Phi) is 6.59. The van der Waals surface area contributed by atoms with Gasteiger partial charge in [-0.05, 0) is 60.7 Å². The van der Waals surface area contributed by atoms with Crippen molar-refractivity contribution in [2.24, 2.45) is 0 Å². The molecule has 0 unspecified atom stereocenters. The maximum Gasteiger partial charge on any atom is 0.337 e. The average Bonchev–Trinajstić information content (AvgIpc) is 3.15. The summed E-state index contributed by atoms with van der Waals surface area (Å²) in [4.78, 5) is 23.8. The minimum atomic E-state index is -1.14. The summed E-state index contributed by atoms with van der Waals surface area (Å²) in [5.74, 6) is -1.39. The lowest BCUT2D eigenvalue weighted by Crippen LogP contribution is -2.34. The predicted octanol–water partition coefficient (Wildman–Crippen LogP) is 5.84. The first-order valence-corrected chi connectivity index (χ1v) is 9.91. The van der Waals surface area contributed by atoms with Crippen LogP contribution in [0.25, 0.3) is 11.3 Å². The summed E-state index contributed by atoms with van der Waals surface area (Å²) in [5, 5.41) is 15.2. The molecular weight excluding hydrogens is 503 g/mol. The Morgan fingerprint density at radius 3 is 2.55 bits per heavy atom. The molecule has 0 aliphatic rings. The smallest absolute Gasteiger partial charge is 0.337 e. The SMILES string of the molecule is O=C(NC(=S)Nc1ccc(Br)cc1C(=O)O)c1ccc(-c2cc(Cl)ccc2Cl)o1. The van der Waals surface area contributed by atoms with Crippen molar-refractivity contribution >= 4 is 74.0 Å². The lowest BCUT2D eigenvalue weighted by atomic mass is 10.2. The van der Waals surface area contributed by atoms with Gasteiger partial charge in [0, 0.05) is 15.1 Å². The highest BCUT2D eigenvalue weighted by Crippen LogP contribution is 2.31. The van der Waals surface area contributed by atoms with Crippen LogP contribution >= 0.6 is 51.3 Å². The number of thiocarbonyl (C=S) groups is 1. The normalized spacial score (nSPS) is 10.4. The van der Waals surface area contributed by atoms with Crippen LogP contribution in [0.1, 0.15) is 20.9 Å². The monoisotopic (exact) mass is 512 g/mol. The van der Waals surface area contributed by atoms with E-state index < -0.39 is 11.9 Å². The molecule has 3 N–H and O–H groups in total. The molecule has 10 heteroatoms. The van der Waals surface area contributed by atoms with Crippen LogP contribution in [-0.4, -0.2) is 22.1 Å². The molecular formula is C19H11BrCl2N2O4S. The molecule has 0 aliphatic carbocycles. The second-order valence-corrected chi connectivity index (χ2v) is 7.86. The van der Waals surface area contributed by atoms with E-state index in [2.05, 4.69) is 26.6 Å². The molecule has 6 nitrogen and oxygen atoms in total. The summed E-state index contributed by atoms with van der Waals surface area (Å²) in [5.41, 5.74) is 0.767. The van der Waals surface area contributed by atoms with Crippen molar-refractivity contribution in [2.75, 3.05) is 5.32 Å². The van der Waals surface area contributed by atoms with Gasteiger partial charge in [-0.3, -0.25) is 10.1 Å². The molecule has 3 aromatic rings. The fraction of sp³-hybridized carbons (Fsp3) is 0. The molecule has 0 fully saturated rings. The van der Waals surface area contributed by atoms with Gasteiger partial charge in [0.2, 0.25) is 0 Å². The molecule has 2 aromatic carbocycles. The molecule has 1 amide bonds. The quantitative estimate of drug-likeness (QED) is 0.379. The number of carbonyl (C=O) groups is 2. The second-order valence-electron chi connectivity index (χ2n) is 5.69. The predicted molar refractivity (Wildman–Crippen MR) is 119 cm³/mol. The van der Waals surface area contributed by atoms with E-state index in [0.717, 1.165) is 0 Å². The summed E-state index contributed by atoms with van der Waals surface area (Å²) in [6, 6.07) is 12.5. The Balaban J connectivity index is 1.73. The first kappa shape index (κ1) is 21.3. The molecule has 0 saturated heterocycles. The number of benzene rings is 2. The van der Waals surface area contributed by atoms with Crippen molar-refractivity contribution in [2.45, 2.75) is 0 Å². The van der Waals surface area contributed by atoms with E-state index in [0.29, 0.717) is 25.8 Å². The Labute approximate surface area is 188 Å². The Hall–Kier alpha value is -2.39. The number of hydrogen-bond donors (Lipinski definition) is 3. The largest absolute Gasteiger partial charge is 0.478 e. The summed E-state index contributed by atoms with van der Waals surface area (Å²) in [7, 11) is 0. The van der Waals surface area contributed by atoms with E-state index >= 15 is 0 Å². The van der Waals surface area contributed by atoms with Crippen molar-refractivity contribution in [1.82, 2.24) is 5.32 Å². The van der Waals surface area contributed by atoms with Gasteiger partial charge in [0.15, 0.2) is 10.9 Å². The van der Waals surface area contributed by atoms with Crippen LogP contribution in [0.15, 0.2) is 57.4 Å². The summed E-state index contributed by atoms with van der Waals surface area (Å²) in [6.07, 6.45) is 0. The van der Waals surface area contributed by atoms with E-state index in [1.54, 1.807) is 30.3 Å². The number of aromatic carboxylic acids is 1. The third-order valence-electron chi connectivity index (χ3n) is 3.71. The molecule has 0 aliphatic heterocycles. The zero-order valence-electron chi connectivity index (χ0n) is 14.3. The zero-order chi connectivity index (χ0) is 21.1. The Bertz CT molecular complexity index is 1130. The number of nitrogens with one attached hydrogen (secondary N) is 2. The van der Waals surface area contributed by atoms with Gasteiger partial charge < -0.3 is 14.8 Å². The fourth-order valence-electron chi connectivity index (χ4n) is 2.41. The van der Waals surface area contributed by atoms with Crippen LogP contribution in [0.3, 0.4) is 0 Å². The van der Waals surface area contributed by atoms with Crippen molar-refractivity contribution in [3.8, 4) is 11.3 Å². The van der Waals surface area contributed by atoms with Crippen molar-refractivity contribution in [1.29, 1.82) is 0 Å². The number of amides is 1. The van der Waals surface area contributed by atoms with E-state index in [1.807, 2.05) is 0 Å². The van der Waals surface area contributed by atoms with E-state index in [-0.39, 0.29) is 22.1 Å². The van der Waals surface area contributed by atoms with Gasteiger partial charge >= 0.3 is 5.97 Å². The van der Waals surface area contributed by atoms with Crippen LogP contribution in [-0.2, 0) is 0 Å². The lowest BCUT2D eigenvalue weighted by Gasteiger charge is -2.11. The summed E-state index contributed by atoms with van der Waals surface area (Å²) >= 11 is 20.4. The molecule has 0 saturated carbocycles. The van der Waals surface area contributed by atoms with E-state index in [4.69, 9.17) is 39.8 Å². The van der Waals surface area contributed by atoms with Crippen LogP contribution in [0.5, 0.6) is 0 Å². The molecule has 148 valence electrons. The highest BCUT2D eigenvalue weighted by molar-refractivity contribution is 9.10. The first-order valence-electron chi connectivity index (χ1n) is 7.95. The maximum absolute atomic E-state index is 12.4. The fourth-order valence-corrected chi connectivity index (χ4v) is 3.36. The molecule has 1 heterocycles. The minimum Gasteiger partial charge on any atom is -0.478 e. The standard InChI is InChI=1S/C19H11BrCl2N2O4S/c20-9-1-4-14(12(7-9)18(26)27)23-19(29)24-17(25)16-6-5-15(28-16)11-8-10(21)2-3-13(11)22/h1-8H,(H,26,27)(H2,23,24,25,29). The number of hydrogen-bond acceptors (Lipinski definition) is 4. The van der Waals surface area contributed by atoms with Gasteiger partial charge in [-0.1, -0.05) is 39.1 Å². The zero-order valence-corrected chi connectivity index (χ0v) is 18.2. The molecule has 3 rings (SSSR count). The number of furan rings is 1. The van der Waals surface area contributed by atoms with E-state index in [9.17, 15) is 14.7 Å².